The number of piperidine rings is 1. The molecular weight excluding hydrogens is 194 g/mol. The van der Waals surface area contributed by atoms with Crippen molar-refractivity contribution in [3.05, 3.63) is 42.5 Å². The molecule has 2 aromatic carbocycles. The predicted octanol–water partition coefficient (Wildman–Crippen LogP) is 3.63. The lowest BCUT2D eigenvalue weighted by molar-refractivity contribution is 0.578. The van der Waals surface area contributed by atoms with Crippen molar-refractivity contribution in [3.63, 3.8) is 0 Å². The zero-order valence-corrected chi connectivity index (χ0v) is 9.45. The summed E-state index contributed by atoms with van der Waals surface area (Å²) in [7, 11) is 0. The predicted molar refractivity (Wildman–Crippen MR) is 68.8 cm³/mol. The van der Waals surface area contributed by atoms with Crippen molar-refractivity contribution in [2.24, 2.45) is 0 Å². The summed E-state index contributed by atoms with van der Waals surface area (Å²) in [6, 6.07) is 16.4. The molecule has 0 bridgehead atoms. The maximum absolute atomic E-state index is 3.52. The van der Waals surface area contributed by atoms with Crippen molar-refractivity contribution < 1.29 is 0 Å². The first kappa shape index (κ1) is 9.71. The molecule has 2 aromatic rings. The highest BCUT2D eigenvalue weighted by atomic mass is 15.1. The number of benzene rings is 2. The third-order valence-corrected chi connectivity index (χ3v) is 3.34. The Morgan fingerprint density at radius 1 is 0.875 bits per heavy atom. The molecule has 1 heteroatoms. The molecule has 1 nitrogen and oxygen atoms in total. The Balaban J connectivity index is 1.97. The van der Waals surface area contributed by atoms with E-state index in [0.717, 1.165) is 0 Å². The highest BCUT2D eigenvalue weighted by Crippen LogP contribution is 2.23. The van der Waals surface area contributed by atoms with E-state index in [2.05, 4.69) is 47.4 Å². The first-order chi connectivity index (χ1) is 7.93. The van der Waals surface area contributed by atoms with Gasteiger partial charge >= 0.3 is 0 Å². The fourth-order valence-corrected chi connectivity index (χ4v) is 2.42. The molecule has 1 aliphatic heterocycles. The summed E-state index contributed by atoms with van der Waals surface area (Å²) in [5.41, 5.74) is 1.26. The van der Waals surface area contributed by atoms with Gasteiger partial charge in [0, 0.05) is 24.8 Å². The Morgan fingerprint density at radius 3 is 2.56 bits per heavy atom. The topological polar surface area (TPSA) is 3.24 Å². The average Bonchev–Trinajstić information content (AvgIpc) is 2.39. The Bertz CT molecular complexity index is 484. The van der Waals surface area contributed by atoms with Crippen LogP contribution in [0, 0.1) is 6.07 Å². The number of rotatable bonds is 1. The van der Waals surface area contributed by atoms with Crippen LogP contribution in [0.2, 0.25) is 0 Å². The smallest absolute Gasteiger partial charge is 0.0453 e. The first-order valence-corrected chi connectivity index (χ1v) is 6.09. The van der Waals surface area contributed by atoms with Crippen molar-refractivity contribution in [1.82, 2.24) is 0 Å². The Labute approximate surface area is 96.7 Å². The van der Waals surface area contributed by atoms with Crippen LogP contribution in [0.15, 0.2) is 36.4 Å². The molecule has 16 heavy (non-hydrogen) atoms. The molecule has 0 saturated carbocycles. The second kappa shape index (κ2) is 4.17. The molecule has 0 atom stereocenters. The van der Waals surface area contributed by atoms with Crippen LogP contribution < -0.4 is 4.90 Å². The molecule has 1 saturated heterocycles. The fourth-order valence-electron chi connectivity index (χ4n) is 2.42. The normalized spacial score (nSPS) is 16.6. The van der Waals surface area contributed by atoms with Gasteiger partial charge in [-0.2, -0.15) is 0 Å². The maximum Gasteiger partial charge on any atom is 0.0453 e. The van der Waals surface area contributed by atoms with E-state index in [0.29, 0.717) is 0 Å². The molecule has 0 spiro atoms. The van der Waals surface area contributed by atoms with E-state index in [-0.39, 0.29) is 0 Å². The van der Waals surface area contributed by atoms with Gasteiger partial charge in [-0.25, -0.2) is 0 Å². The molecule has 1 radical (unpaired) electrons. The van der Waals surface area contributed by atoms with Gasteiger partial charge in [0.1, 0.15) is 0 Å². The fraction of sp³-hybridized carbons (Fsp3) is 0.333. The van der Waals surface area contributed by atoms with Crippen molar-refractivity contribution >= 4 is 16.5 Å². The van der Waals surface area contributed by atoms with Gasteiger partial charge in [0.25, 0.3) is 0 Å². The molecule has 1 aliphatic rings. The van der Waals surface area contributed by atoms with Crippen LogP contribution in [0.4, 0.5) is 5.69 Å². The van der Waals surface area contributed by atoms with E-state index in [9.17, 15) is 0 Å². The number of fused-ring (bicyclic) bond motifs is 1. The summed E-state index contributed by atoms with van der Waals surface area (Å²) in [5, 5.41) is 2.51. The minimum absolute atomic E-state index is 1.19. The Hall–Kier alpha value is -1.50. The van der Waals surface area contributed by atoms with Crippen molar-refractivity contribution in [2.75, 3.05) is 18.0 Å². The van der Waals surface area contributed by atoms with E-state index < -0.39 is 0 Å². The molecule has 1 heterocycles. The summed E-state index contributed by atoms with van der Waals surface area (Å²) in [5.74, 6) is 0. The van der Waals surface area contributed by atoms with Crippen LogP contribution in [-0.2, 0) is 0 Å². The van der Waals surface area contributed by atoms with E-state index in [1.54, 1.807) is 0 Å². The zero-order valence-electron chi connectivity index (χ0n) is 9.45. The zero-order chi connectivity index (χ0) is 10.8. The minimum Gasteiger partial charge on any atom is -0.371 e. The largest absolute Gasteiger partial charge is 0.371 e. The third-order valence-electron chi connectivity index (χ3n) is 3.34. The summed E-state index contributed by atoms with van der Waals surface area (Å²) >= 11 is 0. The second-order valence-electron chi connectivity index (χ2n) is 4.48. The summed E-state index contributed by atoms with van der Waals surface area (Å²) in [6.07, 6.45) is 4.02. The van der Waals surface area contributed by atoms with Gasteiger partial charge < -0.3 is 4.90 Å². The Morgan fingerprint density at radius 2 is 1.69 bits per heavy atom. The lowest BCUT2D eigenvalue weighted by Gasteiger charge is -2.28. The van der Waals surface area contributed by atoms with E-state index in [1.165, 1.54) is 48.8 Å². The molecule has 81 valence electrons. The van der Waals surface area contributed by atoms with Crippen LogP contribution in [0.3, 0.4) is 0 Å². The molecular formula is C15H16N. The molecule has 0 N–H and O–H groups in total. The average molecular weight is 210 g/mol. The van der Waals surface area contributed by atoms with Crippen LogP contribution in [0.25, 0.3) is 10.8 Å². The molecule has 1 fully saturated rings. The quantitative estimate of drug-likeness (QED) is 0.694. The first-order valence-electron chi connectivity index (χ1n) is 6.09. The highest BCUT2D eigenvalue weighted by Gasteiger charge is 2.10. The van der Waals surface area contributed by atoms with Crippen LogP contribution in [0.5, 0.6) is 0 Å². The summed E-state index contributed by atoms with van der Waals surface area (Å²) in [4.78, 5) is 2.45. The van der Waals surface area contributed by atoms with Gasteiger partial charge in [0.15, 0.2) is 0 Å². The van der Waals surface area contributed by atoms with Crippen LogP contribution >= 0.6 is 0 Å². The summed E-state index contributed by atoms with van der Waals surface area (Å²) in [6.45, 7) is 2.38. The van der Waals surface area contributed by atoms with Gasteiger partial charge in [0.05, 0.1) is 0 Å². The maximum atomic E-state index is 3.52. The van der Waals surface area contributed by atoms with Crippen LogP contribution in [-0.4, -0.2) is 13.1 Å². The lowest BCUT2D eigenvalue weighted by atomic mass is 10.1. The van der Waals surface area contributed by atoms with E-state index >= 15 is 0 Å². The van der Waals surface area contributed by atoms with Crippen molar-refractivity contribution in [3.8, 4) is 0 Å². The number of hydrogen-bond donors (Lipinski definition) is 0. The van der Waals surface area contributed by atoms with Gasteiger partial charge in [0.2, 0.25) is 0 Å². The Kier molecular flexibility index (Phi) is 2.53. The number of nitrogens with zero attached hydrogens (tertiary/aromatic N) is 1. The molecule has 0 aromatic heterocycles. The lowest BCUT2D eigenvalue weighted by Crippen LogP contribution is -2.29. The van der Waals surface area contributed by atoms with Crippen molar-refractivity contribution in [1.29, 1.82) is 0 Å². The summed E-state index contributed by atoms with van der Waals surface area (Å²) < 4.78 is 0. The van der Waals surface area contributed by atoms with Crippen molar-refractivity contribution in [2.45, 2.75) is 19.3 Å². The van der Waals surface area contributed by atoms with E-state index in [1.807, 2.05) is 0 Å². The second-order valence-corrected chi connectivity index (χ2v) is 4.48. The van der Waals surface area contributed by atoms with Crippen LogP contribution in [0.1, 0.15) is 19.3 Å². The van der Waals surface area contributed by atoms with Gasteiger partial charge in [-0.05, 0) is 36.1 Å². The number of anilines is 1. The molecule has 0 aliphatic carbocycles. The molecule has 0 unspecified atom stereocenters. The minimum atomic E-state index is 1.19. The standard InChI is InChI=1S/C15H16N/c1-4-10-16(11-5-1)15-9-8-13-6-2-3-7-14(13)12-15/h2-3,6-9H,1,4-5,10-11H2. The van der Waals surface area contributed by atoms with Gasteiger partial charge in [-0.1, -0.05) is 30.3 Å². The third kappa shape index (κ3) is 1.78. The van der Waals surface area contributed by atoms with Gasteiger partial charge in [-0.3, -0.25) is 0 Å². The monoisotopic (exact) mass is 210 g/mol. The molecule has 3 rings (SSSR count). The SMILES string of the molecule is [c]1c(N2CCCCC2)ccc2ccccc12. The van der Waals surface area contributed by atoms with Gasteiger partial charge in [-0.15, -0.1) is 0 Å². The number of hydrogen-bond acceptors (Lipinski definition) is 1. The molecule has 0 amide bonds. The highest BCUT2D eigenvalue weighted by molar-refractivity contribution is 5.85. The van der Waals surface area contributed by atoms with E-state index in [4.69, 9.17) is 0 Å².